The maximum absolute atomic E-state index is 2.49. The number of hydrogen-bond donors (Lipinski definition) is 0. The van der Waals surface area contributed by atoms with Gasteiger partial charge in [-0.25, -0.2) is 0 Å². The van der Waals surface area contributed by atoms with Crippen molar-refractivity contribution >= 4 is 5.57 Å². The molecule has 2 aromatic rings. The van der Waals surface area contributed by atoms with Gasteiger partial charge in [0.25, 0.3) is 0 Å². The maximum atomic E-state index is 2.49. The molecule has 0 unspecified atom stereocenters. The van der Waals surface area contributed by atoms with Gasteiger partial charge in [0.05, 0.1) is 0 Å². The van der Waals surface area contributed by atoms with Crippen molar-refractivity contribution < 1.29 is 0 Å². The summed E-state index contributed by atoms with van der Waals surface area (Å²) in [5.74, 6) is 0.439. The van der Waals surface area contributed by atoms with Crippen LogP contribution in [-0.2, 0) is 0 Å². The van der Waals surface area contributed by atoms with Crippen LogP contribution in [0.2, 0.25) is 0 Å². The van der Waals surface area contributed by atoms with Crippen molar-refractivity contribution in [3.05, 3.63) is 77.9 Å². The summed E-state index contributed by atoms with van der Waals surface area (Å²) < 4.78 is 0. The van der Waals surface area contributed by atoms with E-state index in [4.69, 9.17) is 0 Å². The van der Waals surface area contributed by atoms with Gasteiger partial charge >= 0.3 is 0 Å². The molecule has 1 aliphatic rings. The first-order valence-electron chi connectivity index (χ1n) is 8.74. The summed E-state index contributed by atoms with van der Waals surface area (Å²) >= 11 is 0. The maximum Gasteiger partial charge on any atom is 0.0248 e. The molecule has 0 aromatic heterocycles. The van der Waals surface area contributed by atoms with Crippen LogP contribution in [0.25, 0.3) is 5.57 Å². The molecule has 0 radical (unpaired) electrons. The van der Waals surface area contributed by atoms with Crippen molar-refractivity contribution in [3.8, 4) is 0 Å². The summed E-state index contributed by atoms with van der Waals surface area (Å²) in [6.45, 7) is 0. The lowest BCUT2D eigenvalue weighted by Gasteiger charge is -2.36. The van der Waals surface area contributed by atoms with E-state index in [0.29, 0.717) is 12.0 Å². The molecule has 3 rings (SSSR count). The average Bonchev–Trinajstić information content (AvgIpc) is 2.56. The lowest BCUT2D eigenvalue weighted by atomic mass is 9.77. The Morgan fingerprint density at radius 1 is 0.826 bits per heavy atom. The molecule has 0 aliphatic heterocycles. The molecule has 0 N–H and O–H groups in total. The lowest BCUT2D eigenvalue weighted by Crippen LogP contribution is -2.35. The highest BCUT2D eigenvalue weighted by Crippen LogP contribution is 2.40. The molecule has 120 valence electrons. The monoisotopic (exact) mass is 305 g/mol. The summed E-state index contributed by atoms with van der Waals surface area (Å²) in [4.78, 5) is 2.42. The summed E-state index contributed by atoms with van der Waals surface area (Å²) in [7, 11) is 4.45. The molecule has 0 saturated carbocycles. The summed E-state index contributed by atoms with van der Waals surface area (Å²) in [6, 6.07) is 22.5. The van der Waals surface area contributed by atoms with Crippen molar-refractivity contribution in [1.82, 2.24) is 4.90 Å². The first kappa shape index (κ1) is 16.0. The van der Waals surface area contributed by atoms with Crippen molar-refractivity contribution in [3.63, 3.8) is 0 Å². The van der Waals surface area contributed by atoms with Gasteiger partial charge < -0.3 is 4.90 Å². The topological polar surface area (TPSA) is 3.24 Å². The molecule has 1 aliphatic carbocycles. The Balaban J connectivity index is 2.11. The molecule has 1 heteroatoms. The average molecular weight is 305 g/mol. The number of rotatable bonds is 3. The Labute approximate surface area is 140 Å². The number of benzene rings is 2. The van der Waals surface area contributed by atoms with Gasteiger partial charge in [0.1, 0.15) is 0 Å². The van der Waals surface area contributed by atoms with Crippen molar-refractivity contribution in [2.75, 3.05) is 14.1 Å². The third kappa shape index (κ3) is 3.73. The minimum Gasteiger partial charge on any atom is -0.306 e. The molecule has 0 bridgehead atoms. The van der Waals surface area contributed by atoms with E-state index in [0.717, 1.165) is 0 Å². The second kappa shape index (κ2) is 7.61. The van der Waals surface area contributed by atoms with Crippen LogP contribution in [-0.4, -0.2) is 25.0 Å². The minimum absolute atomic E-state index is 0.439. The van der Waals surface area contributed by atoms with Gasteiger partial charge in [-0.1, -0.05) is 73.2 Å². The molecular weight excluding hydrogens is 278 g/mol. The number of likely N-dealkylation sites (N-methyl/N-ethyl adjacent to an activating group) is 1. The minimum atomic E-state index is 0.439. The van der Waals surface area contributed by atoms with Gasteiger partial charge in [-0.05, 0) is 50.1 Å². The van der Waals surface area contributed by atoms with Crippen LogP contribution >= 0.6 is 0 Å². The highest BCUT2D eigenvalue weighted by molar-refractivity contribution is 5.72. The zero-order valence-electron chi connectivity index (χ0n) is 14.3. The van der Waals surface area contributed by atoms with Crippen LogP contribution in [0.5, 0.6) is 0 Å². The fourth-order valence-corrected chi connectivity index (χ4v) is 3.80. The van der Waals surface area contributed by atoms with Gasteiger partial charge in [-0.15, -0.1) is 0 Å². The van der Waals surface area contributed by atoms with E-state index in [1.165, 1.54) is 42.4 Å². The van der Waals surface area contributed by atoms with E-state index in [1.807, 2.05) is 0 Å². The van der Waals surface area contributed by atoms with Crippen LogP contribution in [0, 0.1) is 0 Å². The van der Waals surface area contributed by atoms with Crippen LogP contribution in [0.15, 0.2) is 66.7 Å². The first-order valence-corrected chi connectivity index (χ1v) is 8.74. The number of nitrogens with zero attached hydrogens (tertiary/aromatic N) is 1. The Morgan fingerprint density at radius 3 is 2.13 bits per heavy atom. The predicted octanol–water partition coefficient (Wildman–Crippen LogP) is 5.36. The summed E-state index contributed by atoms with van der Waals surface area (Å²) in [5.41, 5.74) is 4.30. The molecule has 0 fully saturated rings. The standard InChI is InChI=1S/C22H27N/c1-23(2)21-17-11-5-10-16-20(18-12-6-3-7-13-18)22(21)19-14-8-4-9-15-19/h3-4,6-9,12-16,21-22H,5,10-11,17H2,1-2H3/t21-,22-/m0/s1. The molecule has 2 atom stereocenters. The smallest absolute Gasteiger partial charge is 0.0248 e. The fourth-order valence-electron chi connectivity index (χ4n) is 3.80. The van der Waals surface area contributed by atoms with Crippen molar-refractivity contribution in [2.24, 2.45) is 0 Å². The van der Waals surface area contributed by atoms with Gasteiger partial charge in [0, 0.05) is 12.0 Å². The van der Waals surface area contributed by atoms with Crippen LogP contribution in [0.3, 0.4) is 0 Å². The van der Waals surface area contributed by atoms with Gasteiger partial charge in [-0.3, -0.25) is 0 Å². The van der Waals surface area contributed by atoms with Crippen LogP contribution in [0.4, 0.5) is 0 Å². The number of allylic oxidation sites excluding steroid dienone is 1. The Kier molecular flexibility index (Phi) is 5.30. The third-order valence-corrected chi connectivity index (χ3v) is 4.97. The second-order valence-corrected chi connectivity index (χ2v) is 6.73. The van der Waals surface area contributed by atoms with Crippen LogP contribution < -0.4 is 0 Å². The Morgan fingerprint density at radius 2 is 1.48 bits per heavy atom. The highest BCUT2D eigenvalue weighted by Gasteiger charge is 2.29. The predicted molar refractivity (Wildman–Crippen MR) is 99.5 cm³/mol. The molecule has 0 spiro atoms. The van der Waals surface area contributed by atoms with E-state index in [9.17, 15) is 0 Å². The van der Waals surface area contributed by atoms with E-state index >= 15 is 0 Å². The van der Waals surface area contributed by atoms with Crippen molar-refractivity contribution in [2.45, 2.75) is 37.6 Å². The van der Waals surface area contributed by atoms with E-state index in [1.54, 1.807) is 0 Å². The molecule has 0 saturated heterocycles. The molecule has 23 heavy (non-hydrogen) atoms. The largest absolute Gasteiger partial charge is 0.306 e. The quantitative estimate of drug-likeness (QED) is 0.738. The Bertz CT molecular complexity index is 628. The lowest BCUT2D eigenvalue weighted by molar-refractivity contribution is 0.254. The fraction of sp³-hybridized carbons (Fsp3) is 0.364. The normalized spacial score (nSPS) is 22.3. The van der Waals surface area contributed by atoms with E-state index < -0.39 is 0 Å². The van der Waals surface area contributed by atoms with Crippen LogP contribution in [0.1, 0.15) is 42.7 Å². The molecule has 1 nitrogen and oxygen atoms in total. The molecule has 0 amide bonds. The van der Waals surface area contributed by atoms with Gasteiger partial charge in [-0.2, -0.15) is 0 Å². The van der Waals surface area contributed by atoms with E-state index in [2.05, 4.69) is 85.7 Å². The summed E-state index contributed by atoms with van der Waals surface area (Å²) in [5, 5.41) is 0. The number of hydrogen-bond acceptors (Lipinski definition) is 1. The third-order valence-electron chi connectivity index (χ3n) is 4.97. The van der Waals surface area contributed by atoms with Gasteiger partial charge in [0.15, 0.2) is 0 Å². The highest BCUT2D eigenvalue weighted by atomic mass is 15.1. The van der Waals surface area contributed by atoms with Crippen molar-refractivity contribution in [1.29, 1.82) is 0 Å². The molecular formula is C22H27N. The Hall–Kier alpha value is -1.86. The van der Waals surface area contributed by atoms with Gasteiger partial charge in [0.2, 0.25) is 0 Å². The summed E-state index contributed by atoms with van der Waals surface area (Å²) in [6.07, 6.45) is 7.54. The zero-order valence-corrected chi connectivity index (χ0v) is 14.3. The SMILES string of the molecule is CN(C)[C@H]1CCCCC=C(c2ccccc2)[C@@H]1c1ccccc1. The molecule has 0 heterocycles. The first-order chi connectivity index (χ1) is 11.3. The van der Waals surface area contributed by atoms with E-state index in [-0.39, 0.29) is 0 Å². The zero-order chi connectivity index (χ0) is 16.1. The second-order valence-electron chi connectivity index (χ2n) is 6.73. The molecule has 2 aromatic carbocycles.